The summed E-state index contributed by atoms with van der Waals surface area (Å²) in [4.78, 5) is 14.7. The number of thioether (sulfide) groups is 1. The van der Waals surface area contributed by atoms with Crippen LogP contribution in [0.2, 0.25) is 0 Å². The molecular weight excluding hydrogens is 336 g/mol. The van der Waals surface area contributed by atoms with Gasteiger partial charge in [-0.2, -0.15) is 0 Å². The van der Waals surface area contributed by atoms with Gasteiger partial charge in [-0.05, 0) is 44.4 Å². The number of methoxy groups -OCH3 is 1. The number of rotatable bonds is 6. The minimum atomic E-state index is 0.154. The lowest BCUT2D eigenvalue weighted by Gasteiger charge is -2.25. The van der Waals surface area contributed by atoms with Crippen LogP contribution in [0.1, 0.15) is 44.3 Å². The Balaban J connectivity index is 1.65. The van der Waals surface area contributed by atoms with E-state index < -0.39 is 0 Å². The smallest absolute Gasteiger partial charge is 0.233 e. The molecule has 7 heteroatoms. The fraction of sp³-hybridized carbons (Fsp3) is 0.500. The van der Waals surface area contributed by atoms with E-state index in [0.29, 0.717) is 5.75 Å². The Morgan fingerprint density at radius 1 is 1.36 bits per heavy atom. The molecule has 25 heavy (non-hydrogen) atoms. The first-order chi connectivity index (χ1) is 12.1. The van der Waals surface area contributed by atoms with E-state index in [1.807, 2.05) is 21.6 Å². The molecule has 0 saturated carbocycles. The van der Waals surface area contributed by atoms with Crippen LogP contribution in [-0.2, 0) is 4.79 Å². The van der Waals surface area contributed by atoms with Crippen molar-refractivity contribution in [1.29, 1.82) is 0 Å². The number of likely N-dealkylation sites (tertiary alicyclic amines) is 1. The second-order valence-corrected chi connectivity index (χ2v) is 7.36. The van der Waals surface area contributed by atoms with Crippen molar-refractivity contribution in [2.45, 2.75) is 43.9 Å². The quantitative estimate of drug-likeness (QED) is 0.740. The summed E-state index contributed by atoms with van der Waals surface area (Å²) in [5.41, 5.74) is 1.17. The molecule has 3 rings (SSSR count). The molecule has 1 aliphatic heterocycles. The van der Waals surface area contributed by atoms with E-state index in [2.05, 4.69) is 36.2 Å². The number of hydrogen-bond acceptors (Lipinski definition) is 5. The van der Waals surface area contributed by atoms with Gasteiger partial charge in [-0.15, -0.1) is 10.2 Å². The number of carbonyl (C=O) groups excluding carboxylic acids is 1. The third kappa shape index (κ3) is 3.98. The Morgan fingerprint density at radius 2 is 2.12 bits per heavy atom. The molecule has 0 aliphatic carbocycles. The normalized spacial score (nSPS) is 17.3. The van der Waals surface area contributed by atoms with Gasteiger partial charge in [0.15, 0.2) is 5.16 Å². The minimum Gasteiger partial charge on any atom is -0.497 e. The zero-order chi connectivity index (χ0) is 17.8. The molecule has 0 radical (unpaired) electrons. The van der Waals surface area contributed by atoms with E-state index in [1.165, 1.54) is 17.3 Å². The first-order valence-electron chi connectivity index (χ1n) is 8.56. The van der Waals surface area contributed by atoms with Crippen LogP contribution in [0.4, 0.5) is 0 Å². The molecule has 1 saturated heterocycles. The first-order valence-corrected chi connectivity index (χ1v) is 9.54. The van der Waals surface area contributed by atoms with Crippen LogP contribution in [0.5, 0.6) is 5.75 Å². The highest BCUT2D eigenvalue weighted by Crippen LogP contribution is 2.33. The average molecular weight is 360 g/mol. The Kier molecular flexibility index (Phi) is 5.63. The lowest BCUT2D eigenvalue weighted by molar-refractivity contribution is -0.129. The second-order valence-electron chi connectivity index (χ2n) is 6.42. The monoisotopic (exact) mass is 360 g/mol. The van der Waals surface area contributed by atoms with Gasteiger partial charge in [-0.3, -0.25) is 4.79 Å². The molecule has 134 valence electrons. The number of amides is 1. The van der Waals surface area contributed by atoms with Gasteiger partial charge >= 0.3 is 0 Å². The largest absolute Gasteiger partial charge is 0.497 e. The van der Waals surface area contributed by atoms with Crippen LogP contribution >= 0.6 is 11.8 Å². The number of nitrogens with zero attached hydrogens (tertiary/aromatic N) is 4. The van der Waals surface area contributed by atoms with Gasteiger partial charge in [0, 0.05) is 12.6 Å². The van der Waals surface area contributed by atoms with Gasteiger partial charge in [0.25, 0.3) is 0 Å². The van der Waals surface area contributed by atoms with Gasteiger partial charge in [0.05, 0.1) is 18.9 Å². The summed E-state index contributed by atoms with van der Waals surface area (Å²) in [6.45, 7) is 4.97. The summed E-state index contributed by atoms with van der Waals surface area (Å²) in [5.74, 6) is 1.38. The molecule has 1 amide bonds. The van der Waals surface area contributed by atoms with Crippen molar-refractivity contribution in [1.82, 2.24) is 19.7 Å². The van der Waals surface area contributed by atoms with Gasteiger partial charge in [0.1, 0.15) is 12.1 Å². The van der Waals surface area contributed by atoms with Crippen LogP contribution in [0.15, 0.2) is 35.7 Å². The molecule has 0 N–H and O–H groups in total. The van der Waals surface area contributed by atoms with E-state index in [-0.39, 0.29) is 18.0 Å². The summed E-state index contributed by atoms with van der Waals surface area (Å²) in [6.07, 6.45) is 3.76. The summed E-state index contributed by atoms with van der Waals surface area (Å²) >= 11 is 1.46. The van der Waals surface area contributed by atoms with Crippen molar-refractivity contribution in [2.24, 2.45) is 0 Å². The third-order valence-electron chi connectivity index (χ3n) is 4.50. The zero-order valence-electron chi connectivity index (χ0n) is 14.9. The highest BCUT2D eigenvalue weighted by atomic mass is 32.2. The maximum Gasteiger partial charge on any atom is 0.233 e. The maximum atomic E-state index is 12.8. The standard InChI is InChI=1S/C18H24N4O2S/c1-13(2)22-12-19-20-18(22)25-11-17(23)21-10-4-5-16(21)14-6-8-15(24-3)9-7-14/h6-9,12-13,16H,4-5,10-11H2,1-3H3. The summed E-state index contributed by atoms with van der Waals surface area (Å²) in [5, 5.41) is 8.87. The maximum absolute atomic E-state index is 12.8. The lowest BCUT2D eigenvalue weighted by Crippen LogP contribution is -2.32. The lowest BCUT2D eigenvalue weighted by atomic mass is 10.0. The van der Waals surface area contributed by atoms with Crippen molar-refractivity contribution in [3.63, 3.8) is 0 Å². The van der Waals surface area contributed by atoms with Crippen LogP contribution in [0, 0.1) is 0 Å². The van der Waals surface area contributed by atoms with Gasteiger partial charge in [-0.25, -0.2) is 0 Å². The molecule has 1 aromatic heterocycles. The first kappa shape index (κ1) is 17.8. The van der Waals surface area contributed by atoms with Crippen molar-refractivity contribution in [2.75, 3.05) is 19.4 Å². The Labute approximate surface area is 152 Å². The van der Waals surface area contributed by atoms with Crippen LogP contribution < -0.4 is 4.74 Å². The summed E-state index contributed by atoms with van der Waals surface area (Å²) < 4.78 is 7.21. The molecule has 6 nitrogen and oxygen atoms in total. The topological polar surface area (TPSA) is 60.2 Å². The summed E-state index contributed by atoms with van der Waals surface area (Å²) in [7, 11) is 1.66. The minimum absolute atomic E-state index is 0.154. The molecule has 1 aromatic carbocycles. The number of ether oxygens (including phenoxy) is 1. The fourth-order valence-electron chi connectivity index (χ4n) is 3.14. The molecule has 1 unspecified atom stereocenters. The van der Waals surface area contributed by atoms with E-state index in [1.54, 1.807) is 13.4 Å². The molecule has 1 aliphatic rings. The zero-order valence-corrected chi connectivity index (χ0v) is 15.7. The molecule has 1 fully saturated rings. The van der Waals surface area contributed by atoms with Crippen LogP contribution in [0.25, 0.3) is 0 Å². The fourth-order valence-corrected chi connectivity index (χ4v) is 4.07. The van der Waals surface area contributed by atoms with E-state index in [0.717, 1.165) is 30.3 Å². The average Bonchev–Trinajstić information content (AvgIpc) is 3.29. The highest BCUT2D eigenvalue weighted by Gasteiger charge is 2.30. The molecule has 2 heterocycles. The van der Waals surface area contributed by atoms with Crippen molar-refractivity contribution in [3.8, 4) is 5.75 Å². The van der Waals surface area contributed by atoms with Gasteiger partial charge < -0.3 is 14.2 Å². The molecular formula is C18H24N4O2S. The Morgan fingerprint density at radius 3 is 2.80 bits per heavy atom. The Hall–Kier alpha value is -2.02. The third-order valence-corrected chi connectivity index (χ3v) is 5.44. The van der Waals surface area contributed by atoms with Crippen molar-refractivity contribution < 1.29 is 9.53 Å². The van der Waals surface area contributed by atoms with Crippen LogP contribution in [0.3, 0.4) is 0 Å². The number of aromatic nitrogens is 3. The number of benzene rings is 1. The predicted molar refractivity (Wildman–Crippen MR) is 97.8 cm³/mol. The Bertz CT molecular complexity index is 714. The van der Waals surface area contributed by atoms with Crippen LogP contribution in [-0.4, -0.2) is 45.0 Å². The number of hydrogen-bond donors (Lipinski definition) is 0. The number of carbonyl (C=O) groups is 1. The highest BCUT2D eigenvalue weighted by molar-refractivity contribution is 7.99. The molecule has 0 spiro atoms. The van der Waals surface area contributed by atoms with Gasteiger partial charge in [-0.1, -0.05) is 23.9 Å². The van der Waals surface area contributed by atoms with E-state index in [4.69, 9.17) is 4.74 Å². The molecule has 1 atom stereocenters. The van der Waals surface area contributed by atoms with E-state index in [9.17, 15) is 4.79 Å². The molecule has 0 bridgehead atoms. The van der Waals surface area contributed by atoms with E-state index >= 15 is 0 Å². The summed E-state index contributed by atoms with van der Waals surface area (Å²) in [6, 6.07) is 8.45. The van der Waals surface area contributed by atoms with Crippen molar-refractivity contribution >= 4 is 17.7 Å². The van der Waals surface area contributed by atoms with Gasteiger partial charge in [0.2, 0.25) is 5.91 Å². The van der Waals surface area contributed by atoms with Crippen molar-refractivity contribution in [3.05, 3.63) is 36.2 Å². The SMILES string of the molecule is COc1ccc(C2CCCN2C(=O)CSc2nncn2C(C)C)cc1. The second kappa shape index (κ2) is 7.91. The predicted octanol–water partition coefficient (Wildman–Crippen LogP) is 3.32. The molecule has 2 aromatic rings.